The minimum Gasteiger partial charge on any atom is -0.497 e. The van der Waals surface area contributed by atoms with E-state index in [0.29, 0.717) is 49.4 Å². The molecule has 1 aliphatic heterocycles. The van der Waals surface area contributed by atoms with Crippen LogP contribution in [0.25, 0.3) is 10.9 Å². The van der Waals surface area contributed by atoms with Crippen LogP contribution in [0.1, 0.15) is 32.1 Å². The molecule has 8 nitrogen and oxygen atoms in total. The molecule has 1 unspecified atom stereocenters. The largest absolute Gasteiger partial charge is 0.497 e. The summed E-state index contributed by atoms with van der Waals surface area (Å²) in [5.41, 5.74) is 0.665. The summed E-state index contributed by atoms with van der Waals surface area (Å²) in [6.45, 7) is 6.47. The smallest absolute Gasteiger partial charge is 0.261 e. The molecule has 176 valence electrons. The second-order valence-corrected chi connectivity index (χ2v) is 10.0. The first-order valence-corrected chi connectivity index (χ1v) is 12.7. The van der Waals surface area contributed by atoms with Crippen molar-refractivity contribution >= 4 is 20.9 Å². The Bertz CT molecular complexity index is 1280. The second kappa shape index (κ2) is 9.62. The molecule has 1 aromatic heterocycles. The predicted molar refractivity (Wildman–Crippen MR) is 128 cm³/mol. The van der Waals surface area contributed by atoms with Crippen LogP contribution < -0.4 is 10.3 Å². The Labute approximate surface area is 194 Å². The van der Waals surface area contributed by atoms with Crippen molar-refractivity contribution in [3.63, 3.8) is 0 Å². The monoisotopic (exact) mass is 470 g/mol. The molecular weight excluding hydrogens is 440 g/mol. The molecule has 1 fully saturated rings. The van der Waals surface area contributed by atoms with Crippen LogP contribution in [-0.2, 0) is 16.6 Å². The van der Waals surface area contributed by atoms with Crippen molar-refractivity contribution in [2.45, 2.75) is 37.8 Å². The first-order chi connectivity index (χ1) is 15.9. The van der Waals surface area contributed by atoms with Gasteiger partial charge in [0, 0.05) is 32.7 Å². The quantitative estimate of drug-likeness (QED) is 0.528. The summed E-state index contributed by atoms with van der Waals surface area (Å²) >= 11 is 0. The van der Waals surface area contributed by atoms with Gasteiger partial charge in [-0.25, -0.2) is 13.4 Å². The Morgan fingerprint density at radius 1 is 1.00 bits per heavy atom. The molecule has 0 bridgehead atoms. The van der Waals surface area contributed by atoms with Gasteiger partial charge in [0.2, 0.25) is 10.0 Å². The van der Waals surface area contributed by atoms with Gasteiger partial charge < -0.3 is 4.74 Å². The minimum atomic E-state index is -3.58. The number of piperazine rings is 1. The molecule has 0 aliphatic carbocycles. The van der Waals surface area contributed by atoms with Crippen LogP contribution in [0.4, 0.5) is 0 Å². The maximum Gasteiger partial charge on any atom is 0.261 e. The lowest BCUT2D eigenvalue weighted by Gasteiger charge is -2.38. The van der Waals surface area contributed by atoms with Gasteiger partial charge in [-0.1, -0.05) is 19.1 Å². The van der Waals surface area contributed by atoms with Crippen molar-refractivity contribution < 1.29 is 13.2 Å². The molecule has 9 heteroatoms. The van der Waals surface area contributed by atoms with Crippen molar-refractivity contribution in [2.75, 3.05) is 33.3 Å². The van der Waals surface area contributed by atoms with Crippen LogP contribution in [0.15, 0.2) is 58.2 Å². The first kappa shape index (κ1) is 23.4. The summed E-state index contributed by atoms with van der Waals surface area (Å²) in [6, 6.07) is 13.8. The highest BCUT2D eigenvalue weighted by Crippen LogP contribution is 2.27. The molecule has 2 heterocycles. The van der Waals surface area contributed by atoms with Gasteiger partial charge in [-0.15, -0.1) is 0 Å². The third kappa shape index (κ3) is 4.40. The number of benzene rings is 2. The lowest BCUT2D eigenvalue weighted by Crippen LogP contribution is -2.50. The third-order valence-electron chi connectivity index (χ3n) is 6.30. The zero-order chi connectivity index (χ0) is 23.6. The summed E-state index contributed by atoms with van der Waals surface area (Å²) in [5.74, 6) is 1.37. The fourth-order valence-corrected chi connectivity index (χ4v) is 5.92. The van der Waals surface area contributed by atoms with Gasteiger partial charge >= 0.3 is 0 Å². The van der Waals surface area contributed by atoms with Crippen LogP contribution in [-0.4, -0.2) is 60.5 Å². The molecule has 4 rings (SSSR count). The van der Waals surface area contributed by atoms with E-state index in [-0.39, 0.29) is 16.5 Å². The van der Waals surface area contributed by atoms with E-state index < -0.39 is 10.0 Å². The fourth-order valence-electron chi connectivity index (χ4n) is 4.50. The van der Waals surface area contributed by atoms with Crippen LogP contribution in [0, 0.1) is 0 Å². The Morgan fingerprint density at radius 2 is 1.67 bits per heavy atom. The van der Waals surface area contributed by atoms with Crippen molar-refractivity contribution in [3.8, 4) is 5.75 Å². The van der Waals surface area contributed by atoms with Crippen molar-refractivity contribution in [3.05, 3.63) is 64.7 Å². The van der Waals surface area contributed by atoms with E-state index >= 15 is 0 Å². The molecule has 3 aromatic rings. The second-order valence-electron chi connectivity index (χ2n) is 8.08. The topological polar surface area (TPSA) is 84.7 Å². The standard InChI is InChI=1S/C24H30N4O4S/c1-4-22(23-25-21-9-7-6-8-20(21)24(29)28(23)5-2)26-14-16-27(17-15-26)33(30,31)19-12-10-18(32-3)11-13-19/h6-13,22H,4-5,14-17H2,1-3H3. The zero-order valence-corrected chi connectivity index (χ0v) is 20.1. The average molecular weight is 471 g/mol. The van der Waals surface area contributed by atoms with Gasteiger partial charge in [0.25, 0.3) is 5.56 Å². The number of para-hydroxylation sites is 1. The van der Waals surface area contributed by atoms with Gasteiger partial charge in [0.1, 0.15) is 11.6 Å². The molecule has 2 aromatic carbocycles. The lowest BCUT2D eigenvalue weighted by molar-refractivity contribution is 0.125. The molecule has 1 saturated heterocycles. The summed E-state index contributed by atoms with van der Waals surface area (Å²) in [5, 5.41) is 0.619. The summed E-state index contributed by atoms with van der Waals surface area (Å²) in [6.07, 6.45) is 0.774. The number of fused-ring (bicyclic) bond motifs is 1. The van der Waals surface area contributed by atoms with Crippen molar-refractivity contribution in [1.29, 1.82) is 0 Å². The van der Waals surface area contributed by atoms with E-state index in [1.807, 2.05) is 31.2 Å². The van der Waals surface area contributed by atoms with E-state index in [9.17, 15) is 13.2 Å². The van der Waals surface area contributed by atoms with E-state index in [0.717, 1.165) is 12.2 Å². The highest BCUT2D eigenvalue weighted by molar-refractivity contribution is 7.89. The number of methoxy groups -OCH3 is 1. The van der Waals surface area contributed by atoms with E-state index in [2.05, 4.69) is 11.8 Å². The normalized spacial score (nSPS) is 16.7. The molecule has 0 radical (unpaired) electrons. The number of nitrogens with zero attached hydrogens (tertiary/aromatic N) is 4. The van der Waals surface area contributed by atoms with Gasteiger partial charge in [0.15, 0.2) is 0 Å². The summed E-state index contributed by atoms with van der Waals surface area (Å²) in [7, 11) is -2.02. The Kier molecular flexibility index (Phi) is 6.83. The molecule has 0 amide bonds. The number of sulfonamides is 1. The highest BCUT2D eigenvalue weighted by Gasteiger charge is 2.32. The number of hydrogen-bond acceptors (Lipinski definition) is 6. The third-order valence-corrected chi connectivity index (χ3v) is 8.22. The Morgan fingerprint density at radius 3 is 2.27 bits per heavy atom. The zero-order valence-electron chi connectivity index (χ0n) is 19.3. The van der Waals surface area contributed by atoms with Crippen molar-refractivity contribution in [2.24, 2.45) is 0 Å². The molecule has 1 aliphatic rings. The molecule has 33 heavy (non-hydrogen) atoms. The Hall–Kier alpha value is -2.75. The lowest BCUT2D eigenvalue weighted by atomic mass is 10.1. The highest BCUT2D eigenvalue weighted by atomic mass is 32.2. The summed E-state index contributed by atoms with van der Waals surface area (Å²) < 4.78 is 34.6. The molecule has 0 spiro atoms. The Balaban J connectivity index is 1.57. The number of rotatable bonds is 7. The average Bonchev–Trinajstić information content (AvgIpc) is 2.85. The van der Waals surface area contributed by atoms with Gasteiger partial charge in [-0.3, -0.25) is 14.3 Å². The molecule has 0 N–H and O–H groups in total. The van der Waals surface area contributed by atoms with Crippen LogP contribution in [0.5, 0.6) is 5.75 Å². The summed E-state index contributed by atoms with van der Waals surface area (Å²) in [4.78, 5) is 20.4. The van der Waals surface area contributed by atoms with E-state index in [4.69, 9.17) is 9.72 Å². The first-order valence-electron chi connectivity index (χ1n) is 11.3. The van der Waals surface area contributed by atoms with E-state index in [1.54, 1.807) is 35.9 Å². The van der Waals surface area contributed by atoms with Gasteiger partial charge in [-0.2, -0.15) is 4.31 Å². The SMILES string of the molecule is CCC(c1nc2ccccc2c(=O)n1CC)N1CCN(S(=O)(=O)c2ccc(OC)cc2)CC1. The number of ether oxygens (including phenoxy) is 1. The van der Waals surface area contributed by atoms with Crippen molar-refractivity contribution in [1.82, 2.24) is 18.8 Å². The van der Waals surface area contributed by atoms with E-state index in [1.165, 1.54) is 4.31 Å². The van der Waals surface area contributed by atoms with Gasteiger partial charge in [-0.05, 0) is 49.7 Å². The molecular formula is C24H30N4O4S. The maximum atomic E-state index is 13.1. The van der Waals surface area contributed by atoms with Crippen LogP contribution in [0.3, 0.4) is 0 Å². The number of hydrogen-bond donors (Lipinski definition) is 0. The van der Waals surface area contributed by atoms with Crippen LogP contribution in [0.2, 0.25) is 0 Å². The maximum absolute atomic E-state index is 13.1. The molecule has 1 atom stereocenters. The minimum absolute atomic E-state index is 0.0303. The predicted octanol–water partition coefficient (Wildman–Crippen LogP) is 2.88. The molecule has 0 saturated carbocycles. The van der Waals surface area contributed by atoms with Crippen LogP contribution >= 0.6 is 0 Å². The fraction of sp³-hybridized carbons (Fsp3) is 0.417. The van der Waals surface area contributed by atoms with Gasteiger partial charge in [0.05, 0.1) is 29.0 Å². The number of aromatic nitrogens is 2.